The third kappa shape index (κ3) is 6.67. The summed E-state index contributed by atoms with van der Waals surface area (Å²) in [6, 6.07) is 10.2. The lowest BCUT2D eigenvalue weighted by Crippen LogP contribution is -2.27. The van der Waals surface area contributed by atoms with E-state index in [4.69, 9.17) is 20.8 Å². The third-order valence-electron chi connectivity index (χ3n) is 9.46. The molecule has 0 radical (unpaired) electrons. The number of nitrogens with zero attached hydrogens (tertiary/aromatic N) is 4. The van der Waals surface area contributed by atoms with Crippen LogP contribution in [0, 0.1) is 24.7 Å². The average Bonchev–Trinajstić information content (AvgIpc) is 3.41. The van der Waals surface area contributed by atoms with Gasteiger partial charge < -0.3 is 15.6 Å². The Morgan fingerprint density at radius 2 is 1.83 bits per heavy atom. The number of aliphatic hydroxyl groups is 1. The molecular weight excluding hydrogens is 522 g/mol. The van der Waals surface area contributed by atoms with Crippen LogP contribution in [-0.4, -0.2) is 38.0 Å². The molecule has 2 heterocycles. The second kappa shape index (κ2) is 13.3. The van der Waals surface area contributed by atoms with Crippen molar-refractivity contribution in [2.24, 2.45) is 28.5 Å². The fourth-order valence-electron chi connectivity index (χ4n) is 7.06. The molecule has 7 heteroatoms. The summed E-state index contributed by atoms with van der Waals surface area (Å²) in [5.41, 5.74) is 14.2. The zero-order chi connectivity index (χ0) is 29.8. The Kier molecular flexibility index (Phi) is 9.57. The van der Waals surface area contributed by atoms with E-state index in [0.29, 0.717) is 24.1 Å². The first-order chi connectivity index (χ1) is 20.2. The highest BCUT2D eigenvalue weighted by Crippen LogP contribution is 2.36. The zero-order valence-electron chi connectivity index (χ0n) is 25.7. The minimum atomic E-state index is -0.383. The summed E-state index contributed by atoms with van der Waals surface area (Å²) in [6.45, 7) is 8.84. The van der Waals surface area contributed by atoms with Gasteiger partial charge in [0.1, 0.15) is 6.29 Å². The van der Waals surface area contributed by atoms with E-state index in [-0.39, 0.29) is 17.9 Å². The molecule has 0 bridgehead atoms. The molecular formula is C35H47N5O2. The number of carbonyl (C=O) groups is 1. The molecule has 1 atom stereocenters. The van der Waals surface area contributed by atoms with Gasteiger partial charge in [-0.2, -0.15) is 5.10 Å². The summed E-state index contributed by atoms with van der Waals surface area (Å²) >= 11 is 0. The number of fused-ring (bicyclic) bond motifs is 1. The van der Waals surface area contributed by atoms with Crippen LogP contribution in [0.1, 0.15) is 101 Å². The molecule has 3 aromatic rings. The number of hydrogen-bond donors (Lipinski definition) is 2. The van der Waals surface area contributed by atoms with E-state index in [0.717, 1.165) is 89.6 Å². The molecule has 2 aliphatic rings. The summed E-state index contributed by atoms with van der Waals surface area (Å²) < 4.78 is 1.89. The van der Waals surface area contributed by atoms with E-state index in [2.05, 4.69) is 32.0 Å². The predicted molar refractivity (Wildman–Crippen MR) is 171 cm³/mol. The van der Waals surface area contributed by atoms with Crippen molar-refractivity contribution in [1.82, 2.24) is 14.8 Å². The van der Waals surface area contributed by atoms with Crippen molar-refractivity contribution in [2.75, 3.05) is 0 Å². The molecule has 3 N–H and O–H groups in total. The summed E-state index contributed by atoms with van der Waals surface area (Å²) in [6.07, 6.45) is 12.5. The number of aliphatic imine (C=N–C) groups is 1. The monoisotopic (exact) mass is 569 g/mol. The quantitative estimate of drug-likeness (QED) is 0.208. The van der Waals surface area contributed by atoms with Gasteiger partial charge in [-0.3, -0.25) is 14.7 Å². The summed E-state index contributed by atoms with van der Waals surface area (Å²) in [5, 5.41) is 16.7. The highest BCUT2D eigenvalue weighted by atomic mass is 16.3. The van der Waals surface area contributed by atoms with E-state index >= 15 is 0 Å². The number of aliphatic hydroxyl groups excluding tert-OH is 1. The van der Waals surface area contributed by atoms with Crippen molar-refractivity contribution >= 4 is 34.3 Å². The van der Waals surface area contributed by atoms with Crippen LogP contribution in [0.4, 0.5) is 5.69 Å². The molecule has 1 aromatic carbocycles. The Morgan fingerprint density at radius 1 is 1.10 bits per heavy atom. The van der Waals surface area contributed by atoms with Crippen molar-refractivity contribution in [2.45, 2.75) is 104 Å². The van der Waals surface area contributed by atoms with Gasteiger partial charge in [-0.25, -0.2) is 0 Å². The van der Waals surface area contributed by atoms with Crippen LogP contribution < -0.4 is 5.73 Å². The normalized spacial score (nSPS) is 21.9. The van der Waals surface area contributed by atoms with E-state index in [1.807, 2.05) is 36.9 Å². The lowest BCUT2D eigenvalue weighted by Gasteiger charge is -2.26. The van der Waals surface area contributed by atoms with Crippen molar-refractivity contribution in [3.63, 3.8) is 0 Å². The average molecular weight is 570 g/mol. The van der Waals surface area contributed by atoms with Gasteiger partial charge in [0.2, 0.25) is 0 Å². The standard InChI is InChI=1S/C35H47N5O2/c1-22(2)34(24(4)38-30-17-18-31(37-23(30)3)26-15-13-25(21-41)14-16-26)35(36)28-11-8-12-32-29(28)19-40(39-32)20-33(42)27-9-6-5-7-10-27/h8,11-12,17-19,21-22,25-27,33,42H,5-7,9-10,13-16,20,36H2,1-4H3/b35-34-,38-24?. The number of aryl methyl sites for hydroxylation is 1. The molecule has 2 fully saturated rings. The van der Waals surface area contributed by atoms with Gasteiger partial charge in [0.25, 0.3) is 0 Å². The predicted octanol–water partition coefficient (Wildman–Crippen LogP) is 7.27. The minimum Gasteiger partial charge on any atom is -0.398 e. The molecule has 0 saturated heterocycles. The molecule has 2 saturated carbocycles. The molecule has 0 spiro atoms. The van der Waals surface area contributed by atoms with Gasteiger partial charge in [0.15, 0.2) is 0 Å². The van der Waals surface area contributed by atoms with Gasteiger partial charge in [0, 0.05) is 46.1 Å². The lowest BCUT2D eigenvalue weighted by atomic mass is 9.81. The molecule has 1 unspecified atom stereocenters. The maximum absolute atomic E-state index is 11.1. The maximum Gasteiger partial charge on any atom is 0.123 e. The smallest absolute Gasteiger partial charge is 0.123 e. The largest absolute Gasteiger partial charge is 0.398 e. The number of aromatic nitrogens is 3. The van der Waals surface area contributed by atoms with Crippen molar-refractivity contribution in [1.29, 1.82) is 0 Å². The topological polar surface area (TPSA) is 106 Å². The minimum absolute atomic E-state index is 0.160. The Labute approximate surface area is 250 Å². The molecule has 0 aliphatic heterocycles. The van der Waals surface area contributed by atoms with Crippen LogP contribution in [-0.2, 0) is 11.3 Å². The number of nitrogens with two attached hydrogens (primary N) is 1. The number of hydrogen-bond acceptors (Lipinski definition) is 6. The molecule has 5 rings (SSSR count). The lowest BCUT2D eigenvalue weighted by molar-refractivity contribution is -0.111. The maximum atomic E-state index is 11.1. The number of benzene rings is 1. The van der Waals surface area contributed by atoms with Gasteiger partial charge in [-0.1, -0.05) is 45.2 Å². The third-order valence-corrected chi connectivity index (χ3v) is 9.46. The molecule has 224 valence electrons. The second-order valence-electron chi connectivity index (χ2n) is 12.8. The highest BCUT2D eigenvalue weighted by molar-refractivity contribution is 6.08. The first-order valence-electron chi connectivity index (χ1n) is 15.9. The number of aldehydes is 1. The molecule has 2 aliphatic carbocycles. The molecule has 2 aromatic heterocycles. The van der Waals surface area contributed by atoms with Crippen LogP contribution >= 0.6 is 0 Å². The number of allylic oxidation sites excluding steroid dienone is 1. The van der Waals surface area contributed by atoms with Crippen molar-refractivity contribution in [3.8, 4) is 0 Å². The molecule has 7 nitrogen and oxygen atoms in total. The highest BCUT2D eigenvalue weighted by Gasteiger charge is 2.25. The Morgan fingerprint density at radius 3 is 2.50 bits per heavy atom. The van der Waals surface area contributed by atoms with Gasteiger partial charge >= 0.3 is 0 Å². The first-order valence-corrected chi connectivity index (χ1v) is 15.9. The fourth-order valence-corrected chi connectivity index (χ4v) is 7.06. The van der Waals surface area contributed by atoms with Gasteiger partial charge in [-0.15, -0.1) is 0 Å². The second-order valence-corrected chi connectivity index (χ2v) is 12.8. The van der Waals surface area contributed by atoms with Crippen LogP contribution in [0.25, 0.3) is 16.6 Å². The summed E-state index contributed by atoms with van der Waals surface area (Å²) in [7, 11) is 0. The van der Waals surface area contributed by atoms with Crippen molar-refractivity contribution < 1.29 is 9.90 Å². The fraction of sp³-hybridized carbons (Fsp3) is 0.543. The SMILES string of the molecule is CC(=Nc1ccc(C2CCC(C=O)CC2)nc1C)/C(=C(\N)c1cccc2nn(CC(O)C3CCCCC3)cc12)C(C)C. The van der Waals surface area contributed by atoms with Crippen LogP contribution in [0.5, 0.6) is 0 Å². The molecule has 42 heavy (non-hydrogen) atoms. The van der Waals surface area contributed by atoms with E-state index in [9.17, 15) is 9.90 Å². The summed E-state index contributed by atoms with van der Waals surface area (Å²) in [4.78, 5) is 21.1. The van der Waals surface area contributed by atoms with E-state index < -0.39 is 0 Å². The number of carbonyl (C=O) groups excluding carboxylic acids is 1. The van der Waals surface area contributed by atoms with Crippen LogP contribution in [0.15, 0.2) is 47.1 Å². The molecule has 0 amide bonds. The Hall–Kier alpha value is -3.32. The van der Waals surface area contributed by atoms with E-state index in [1.165, 1.54) is 19.3 Å². The first kappa shape index (κ1) is 30.1. The summed E-state index contributed by atoms with van der Waals surface area (Å²) in [5.74, 6) is 1.12. The number of rotatable bonds is 9. The van der Waals surface area contributed by atoms with Crippen molar-refractivity contribution in [3.05, 3.63) is 59.1 Å². The van der Waals surface area contributed by atoms with Gasteiger partial charge in [0.05, 0.1) is 29.5 Å². The van der Waals surface area contributed by atoms with Crippen LogP contribution in [0.2, 0.25) is 0 Å². The Balaban J connectivity index is 1.41. The Bertz CT molecular complexity index is 1460. The van der Waals surface area contributed by atoms with Crippen LogP contribution in [0.3, 0.4) is 0 Å². The number of pyridine rings is 1. The zero-order valence-corrected chi connectivity index (χ0v) is 25.7. The van der Waals surface area contributed by atoms with Gasteiger partial charge in [-0.05, 0) is 88.0 Å². The van der Waals surface area contributed by atoms with E-state index in [1.54, 1.807) is 0 Å².